The molecule has 8 fully saturated rings. The van der Waals surface area contributed by atoms with Crippen molar-refractivity contribution in [3.8, 4) is 0 Å². The average molecular weight is 1080 g/mol. The van der Waals surface area contributed by atoms with E-state index in [1.807, 2.05) is 0 Å². The SMILES string of the molecule is CO[C@]1(CC[C@@H](C)CS[C@@H]2O[C@H](CO)[C@@H](O)[C@H](O)[C@H]2O)O[C@H]2C[C@H]3[C@@H]4CC=C5C[C@@H](O[C@@H]6O[C@H](CO)[C@@H](O[C@@H]7O[C@@H](C)[C@H](O)[C@@H](O)[C@H]7O)[C@H](O)[C@H]6O[C@@H]6O[C@@H](C)[C@H](O)[C@@H](O)[C@H]6O)CC[C@]5(C)[C@H]4CC[C@]3(C)[C@H]2[C@@H]1C. The van der Waals surface area contributed by atoms with Crippen LogP contribution < -0.4 is 0 Å². The molecule has 3 saturated carbocycles. The van der Waals surface area contributed by atoms with E-state index in [9.17, 15) is 61.3 Å². The van der Waals surface area contributed by atoms with Gasteiger partial charge < -0.3 is 104 Å². The predicted molar refractivity (Wildman–Crippen MR) is 260 cm³/mol. The van der Waals surface area contributed by atoms with Gasteiger partial charge >= 0.3 is 0 Å². The lowest BCUT2D eigenvalue weighted by Gasteiger charge is -2.58. The van der Waals surface area contributed by atoms with Crippen LogP contribution >= 0.6 is 11.8 Å². The zero-order valence-electron chi connectivity index (χ0n) is 43.7. The highest BCUT2D eigenvalue weighted by Crippen LogP contribution is 2.70. The summed E-state index contributed by atoms with van der Waals surface area (Å²) in [5.74, 6) is 1.84. The van der Waals surface area contributed by atoms with Crippen LogP contribution in [-0.4, -0.2) is 227 Å². The van der Waals surface area contributed by atoms with Crippen molar-refractivity contribution in [2.24, 2.45) is 46.3 Å². The van der Waals surface area contributed by atoms with Gasteiger partial charge in [0, 0.05) is 19.4 Å². The maximum absolute atomic E-state index is 12.1. The summed E-state index contributed by atoms with van der Waals surface area (Å²) in [4.78, 5) is 0. The molecule has 22 heteroatoms. The van der Waals surface area contributed by atoms with Crippen LogP contribution in [0, 0.1) is 46.3 Å². The molecule has 31 atom stereocenters. The average Bonchev–Trinajstić information content (AvgIpc) is 3.84. The molecule has 74 heavy (non-hydrogen) atoms. The Hall–Kier alpha value is -0.750. The van der Waals surface area contributed by atoms with Crippen LogP contribution in [0.2, 0.25) is 0 Å². The maximum Gasteiger partial charge on any atom is 0.187 e. The number of aliphatic hydroxyl groups excluding tert-OH is 12. The molecular formula is C52H86O21S. The summed E-state index contributed by atoms with van der Waals surface area (Å²) < 4.78 is 55.9. The van der Waals surface area contributed by atoms with Gasteiger partial charge in [-0.05, 0) is 111 Å². The Morgan fingerprint density at radius 3 is 1.92 bits per heavy atom. The second kappa shape index (κ2) is 22.7. The van der Waals surface area contributed by atoms with E-state index >= 15 is 0 Å². The Balaban J connectivity index is 0.854. The van der Waals surface area contributed by atoms with Gasteiger partial charge in [-0.2, -0.15) is 0 Å². The third-order valence-corrected chi connectivity index (χ3v) is 21.3. The standard InChI is InChI=1S/C52H86O21S/c1-21(20-74-49-42(63)39(60)36(57)31(18-53)70-49)10-15-52(65-7)22(2)33-30(73-52)17-29-27-9-8-25-16-26(11-13-50(25,5)28(27)12-14-51(29,33)6)68-48-45(72-47-41(62)38(59)35(56)24(4)67-47)43(64)44(32(19-54)69-48)71-46-40(61)37(58)34(55)23(3)66-46/h8,21-24,26-49,53-64H,9-20H2,1-7H3/t21-,22+,23+,24+,26+,27-,28+,29+,30+,31-,32-,33+,34+,35+,36-,37-,38-,39+,40-,41-,42-,43+,44-,45-,46+,47+,48-,49+,50+,51+,52-/m1/s1. The summed E-state index contributed by atoms with van der Waals surface area (Å²) >= 11 is 1.37. The Morgan fingerprint density at radius 2 is 1.30 bits per heavy atom. The lowest BCUT2D eigenvalue weighted by molar-refractivity contribution is -0.388. The summed E-state index contributed by atoms with van der Waals surface area (Å²) in [7, 11) is 1.75. The van der Waals surface area contributed by atoms with Gasteiger partial charge in [0.1, 0.15) is 90.9 Å². The van der Waals surface area contributed by atoms with Gasteiger partial charge in [0.05, 0.1) is 37.6 Å². The number of rotatable bonds is 15. The molecule has 5 aliphatic heterocycles. The van der Waals surface area contributed by atoms with Crippen LogP contribution in [0.25, 0.3) is 0 Å². The fraction of sp³-hybridized carbons (Fsp3) is 0.962. The van der Waals surface area contributed by atoms with Gasteiger partial charge in [-0.3, -0.25) is 0 Å². The number of methoxy groups -OCH3 is 1. The number of allylic oxidation sites excluding steroid dienone is 1. The van der Waals surface area contributed by atoms with Crippen LogP contribution in [0.1, 0.15) is 99.3 Å². The van der Waals surface area contributed by atoms with Gasteiger partial charge in [0.15, 0.2) is 24.7 Å². The van der Waals surface area contributed by atoms with Crippen LogP contribution in [-0.2, 0) is 42.6 Å². The number of ether oxygens (including phenoxy) is 9. The minimum absolute atomic E-state index is 0.0408. The molecule has 0 aromatic carbocycles. The molecule has 0 unspecified atom stereocenters. The van der Waals surface area contributed by atoms with Gasteiger partial charge in [0.25, 0.3) is 0 Å². The molecule has 0 aromatic heterocycles. The molecule has 0 spiro atoms. The summed E-state index contributed by atoms with van der Waals surface area (Å²) in [6.45, 7) is 11.1. The minimum atomic E-state index is -1.74. The number of aliphatic hydroxyl groups is 12. The first-order valence-corrected chi connectivity index (χ1v) is 28.2. The van der Waals surface area contributed by atoms with Crippen molar-refractivity contribution in [3.63, 3.8) is 0 Å². The molecule has 21 nitrogen and oxygen atoms in total. The number of hydrogen-bond acceptors (Lipinski definition) is 22. The Morgan fingerprint density at radius 1 is 0.676 bits per heavy atom. The van der Waals surface area contributed by atoms with Crippen molar-refractivity contribution in [2.45, 2.75) is 239 Å². The van der Waals surface area contributed by atoms with Crippen molar-refractivity contribution in [2.75, 3.05) is 26.1 Å². The molecule has 0 amide bonds. The van der Waals surface area contributed by atoms with E-state index in [2.05, 4.69) is 33.8 Å². The summed E-state index contributed by atoms with van der Waals surface area (Å²) in [5, 5.41) is 127. The maximum atomic E-state index is 12.1. The molecule has 12 N–H and O–H groups in total. The highest BCUT2D eigenvalue weighted by molar-refractivity contribution is 7.99. The van der Waals surface area contributed by atoms with E-state index in [4.69, 9.17) is 42.6 Å². The third kappa shape index (κ3) is 10.2. The van der Waals surface area contributed by atoms with Crippen LogP contribution in [0.5, 0.6) is 0 Å². The molecule has 0 aromatic rings. The fourth-order valence-corrected chi connectivity index (χ4v) is 16.5. The molecule has 0 bridgehead atoms. The first-order valence-electron chi connectivity index (χ1n) is 27.2. The van der Waals surface area contributed by atoms with Gasteiger partial charge in [-0.15, -0.1) is 11.8 Å². The van der Waals surface area contributed by atoms with Crippen LogP contribution in [0.4, 0.5) is 0 Å². The van der Waals surface area contributed by atoms with Crippen molar-refractivity contribution in [1.29, 1.82) is 0 Å². The van der Waals surface area contributed by atoms with Gasteiger partial charge in [0.2, 0.25) is 0 Å². The number of fused-ring (bicyclic) bond motifs is 7. The summed E-state index contributed by atoms with van der Waals surface area (Å²) in [5.41, 5.74) is 0.454. The van der Waals surface area contributed by atoms with E-state index in [0.717, 1.165) is 38.5 Å². The number of thioether (sulfide) groups is 1. The van der Waals surface area contributed by atoms with E-state index < -0.39 is 147 Å². The Bertz CT molecular complexity index is 1920. The fourth-order valence-electron chi connectivity index (χ4n) is 15.3. The summed E-state index contributed by atoms with van der Waals surface area (Å²) in [6, 6.07) is 0. The van der Waals surface area contributed by atoms with E-state index in [-0.39, 0.29) is 28.8 Å². The zero-order valence-corrected chi connectivity index (χ0v) is 44.5. The molecule has 5 saturated heterocycles. The lowest BCUT2D eigenvalue weighted by Crippen LogP contribution is -2.66. The molecule has 9 rings (SSSR count). The predicted octanol–water partition coefficient (Wildman–Crippen LogP) is -0.609. The monoisotopic (exact) mass is 1080 g/mol. The van der Waals surface area contributed by atoms with E-state index in [0.29, 0.717) is 48.7 Å². The first kappa shape index (κ1) is 57.9. The topological polar surface area (TPSA) is 326 Å². The van der Waals surface area contributed by atoms with Crippen molar-refractivity contribution in [3.05, 3.63) is 11.6 Å². The first-order chi connectivity index (χ1) is 35.0. The largest absolute Gasteiger partial charge is 0.394 e. The molecular weight excluding hydrogens is 993 g/mol. The van der Waals surface area contributed by atoms with Crippen molar-refractivity contribution in [1.82, 2.24) is 0 Å². The van der Waals surface area contributed by atoms with E-state index in [1.54, 1.807) is 7.11 Å². The molecule has 0 radical (unpaired) electrons. The highest BCUT2D eigenvalue weighted by Gasteiger charge is 2.68. The minimum Gasteiger partial charge on any atom is -0.394 e. The third-order valence-electron chi connectivity index (χ3n) is 19.8. The van der Waals surface area contributed by atoms with Crippen LogP contribution in [0.3, 0.4) is 0 Å². The van der Waals surface area contributed by atoms with Gasteiger partial charge in [-0.1, -0.05) is 39.3 Å². The van der Waals surface area contributed by atoms with Gasteiger partial charge in [-0.25, -0.2) is 0 Å². The van der Waals surface area contributed by atoms with E-state index in [1.165, 1.54) is 31.2 Å². The van der Waals surface area contributed by atoms with Crippen molar-refractivity contribution < 1.29 is 104 Å². The zero-order chi connectivity index (χ0) is 53.5. The Labute approximate surface area is 437 Å². The number of hydrogen-bond donors (Lipinski definition) is 12. The molecule has 426 valence electrons. The second-order valence-corrected chi connectivity index (χ2v) is 25.1. The summed E-state index contributed by atoms with van der Waals surface area (Å²) in [6.07, 6.45) is -17.4. The molecule has 4 aliphatic carbocycles. The molecule has 9 aliphatic rings. The highest BCUT2D eigenvalue weighted by atomic mass is 32.2. The normalized spacial score (nSPS) is 54.9. The smallest absolute Gasteiger partial charge is 0.187 e. The van der Waals surface area contributed by atoms with Crippen molar-refractivity contribution >= 4 is 11.8 Å². The molecule has 5 heterocycles. The second-order valence-electron chi connectivity index (χ2n) is 24.0. The Kier molecular flexibility index (Phi) is 17.7. The lowest BCUT2D eigenvalue weighted by atomic mass is 9.47. The van der Waals surface area contributed by atoms with Crippen LogP contribution in [0.15, 0.2) is 11.6 Å². The quantitative estimate of drug-likeness (QED) is 0.0911.